The van der Waals surface area contributed by atoms with Crippen LogP contribution < -0.4 is 0 Å². The van der Waals surface area contributed by atoms with Gasteiger partial charge in [-0.1, -0.05) is 52.0 Å². The predicted octanol–water partition coefficient (Wildman–Crippen LogP) is 9.18. The molecule has 0 saturated carbocycles. The molecule has 1 aromatic heterocycles. The van der Waals surface area contributed by atoms with Crippen LogP contribution in [-0.4, -0.2) is 11.4 Å². The van der Waals surface area contributed by atoms with Crippen LogP contribution in [0.1, 0.15) is 76.0 Å². The zero-order valence-electron chi connectivity index (χ0n) is 19.3. The van der Waals surface area contributed by atoms with Gasteiger partial charge >= 0.3 is 33.3 Å². The van der Waals surface area contributed by atoms with Crippen LogP contribution in [0.25, 0.3) is 0 Å². The summed E-state index contributed by atoms with van der Waals surface area (Å²) in [5.74, 6) is 2.56. The van der Waals surface area contributed by atoms with E-state index >= 15 is 0 Å². The van der Waals surface area contributed by atoms with E-state index in [4.69, 9.17) is 34.6 Å². The van der Waals surface area contributed by atoms with Crippen molar-refractivity contribution in [2.24, 2.45) is 9.98 Å². The van der Waals surface area contributed by atoms with Gasteiger partial charge in [-0.05, 0) is 73.2 Å². The fraction of sp³-hybridized carbons (Fsp3) is 0.308. The minimum absolute atomic E-state index is 0.194. The van der Waals surface area contributed by atoms with Crippen LogP contribution in [0.2, 0.25) is 0 Å². The molecule has 6 heteroatoms. The van der Waals surface area contributed by atoms with Gasteiger partial charge < -0.3 is 4.42 Å². The zero-order valence-corrected chi connectivity index (χ0v) is 22.0. The van der Waals surface area contributed by atoms with E-state index in [0.29, 0.717) is 11.8 Å². The fourth-order valence-corrected chi connectivity index (χ4v) is 3.09. The molecule has 0 fully saturated rings. The number of benzene rings is 2. The second-order valence-corrected chi connectivity index (χ2v) is 9.93. The standard InChI is InChI=1S/C26H30N2O.2ClH.Fe/c1-17(2)21-7-11-23(12-8-21)27-19(5)25-15-16-26(29-25)20(6)28-24-13-9-22(10-14-24)18(3)4;;;/h7-18H,1-6H3;2*1H;/q;;;+2/p-2. The molecular formula is C26H30Cl2FeN2O. The molecule has 172 valence electrons. The van der Waals surface area contributed by atoms with Crippen molar-refractivity contribution in [1.29, 1.82) is 0 Å². The summed E-state index contributed by atoms with van der Waals surface area (Å²) in [6.45, 7) is 12.7. The van der Waals surface area contributed by atoms with Crippen LogP contribution in [0, 0.1) is 0 Å². The van der Waals surface area contributed by atoms with Gasteiger partial charge in [0.2, 0.25) is 0 Å². The van der Waals surface area contributed by atoms with E-state index in [-0.39, 0.29) is 13.1 Å². The molecule has 3 rings (SSSR count). The van der Waals surface area contributed by atoms with Crippen molar-refractivity contribution in [1.82, 2.24) is 0 Å². The summed E-state index contributed by atoms with van der Waals surface area (Å²) in [6.07, 6.45) is 0. The van der Waals surface area contributed by atoms with Gasteiger partial charge in [-0.15, -0.1) is 0 Å². The Morgan fingerprint density at radius 1 is 0.656 bits per heavy atom. The van der Waals surface area contributed by atoms with E-state index in [9.17, 15) is 0 Å². The Morgan fingerprint density at radius 2 is 0.969 bits per heavy atom. The van der Waals surface area contributed by atoms with E-state index in [2.05, 4.69) is 76.2 Å². The third-order valence-electron chi connectivity index (χ3n) is 5.03. The average molecular weight is 513 g/mol. The quantitative estimate of drug-likeness (QED) is 0.239. The first kappa shape index (κ1) is 26.4. The molecule has 0 unspecified atom stereocenters. The molecule has 0 N–H and O–H groups in total. The Balaban J connectivity index is 0.00000114. The first-order chi connectivity index (χ1) is 15.2. The van der Waals surface area contributed by atoms with Crippen LogP contribution in [0.3, 0.4) is 0 Å². The van der Waals surface area contributed by atoms with E-state index in [0.717, 1.165) is 34.3 Å². The van der Waals surface area contributed by atoms with Gasteiger partial charge in [0, 0.05) is 0 Å². The van der Waals surface area contributed by atoms with Crippen LogP contribution >= 0.6 is 20.2 Å². The van der Waals surface area contributed by atoms with Gasteiger partial charge in [-0.2, -0.15) is 0 Å². The summed E-state index contributed by atoms with van der Waals surface area (Å²) in [5.41, 5.74) is 6.19. The molecule has 0 spiro atoms. The van der Waals surface area contributed by atoms with E-state index < -0.39 is 0 Å². The molecule has 0 aliphatic carbocycles. The summed E-state index contributed by atoms with van der Waals surface area (Å²) >= 11 is 0.194. The van der Waals surface area contributed by atoms with E-state index in [1.165, 1.54) is 11.1 Å². The summed E-state index contributed by atoms with van der Waals surface area (Å²) in [7, 11) is 9.53. The van der Waals surface area contributed by atoms with Gasteiger partial charge in [0.05, 0.1) is 22.8 Å². The maximum absolute atomic E-state index is 6.01. The number of hydrogen-bond acceptors (Lipinski definition) is 3. The summed E-state index contributed by atoms with van der Waals surface area (Å²) in [5, 5.41) is 0. The van der Waals surface area contributed by atoms with Gasteiger partial charge in [0.25, 0.3) is 0 Å². The molecule has 32 heavy (non-hydrogen) atoms. The average Bonchev–Trinajstić information content (AvgIpc) is 3.26. The molecule has 0 aliphatic rings. The molecule has 0 amide bonds. The Bertz CT molecular complexity index is 954. The summed E-state index contributed by atoms with van der Waals surface area (Å²) in [6, 6.07) is 20.6. The normalized spacial score (nSPS) is 12.3. The Hall–Kier alpha value is -1.84. The predicted molar refractivity (Wildman–Crippen MR) is 135 cm³/mol. The van der Waals surface area contributed by atoms with Crippen LogP contribution in [0.15, 0.2) is 75.1 Å². The van der Waals surface area contributed by atoms with Crippen LogP contribution in [0.4, 0.5) is 11.4 Å². The van der Waals surface area contributed by atoms with Crippen molar-refractivity contribution in [3.05, 3.63) is 83.3 Å². The number of nitrogens with zero attached hydrogens (tertiary/aromatic N) is 2. The van der Waals surface area contributed by atoms with E-state index in [1.807, 2.05) is 26.0 Å². The molecular weight excluding hydrogens is 483 g/mol. The molecule has 0 bridgehead atoms. The molecule has 3 aromatic rings. The number of furan rings is 1. The molecule has 0 saturated heterocycles. The monoisotopic (exact) mass is 512 g/mol. The van der Waals surface area contributed by atoms with Crippen LogP contribution in [0.5, 0.6) is 0 Å². The molecule has 1 heterocycles. The topological polar surface area (TPSA) is 37.9 Å². The number of rotatable bonds is 6. The van der Waals surface area contributed by atoms with Crippen molar-refractivity contribution in [2.75, 3.05) is 0 Å². The summed E-state index contributed by atoms with van der Waals surface area (Å²) in [4.78, 5) is 9.39. The van der Waals surface area contributed by atoms with Crippen molar-refractivity contribution in [3.63, 3.8) is 0 Å². The minimum atomic E-state index is 0.194. The first-order valence-electron chi connectivity index (χ1n) is 10.5. The maximum atomic E-state index is 6.01. The van der Waals surface area contributed by atoms with E-state index in [1.54, 1.807) is 0 Å². The second kappa shape index (κ2) is 13.0. The first-order valence-corrected chi connectivity index (χ1v) is 13.5. The van der Waals surface area contributed by atoms with Gasteiger partial charge in [0.1, 0.15) is 11.5 Å². The molecule has 0 radical (unpaired) electrons. The van der Waals surface area contributed by atoms with Gasteiger partial charge in [0.15, 0.2) is 0 Å². The number of halogens is 2. The Kier molecular flexibility index (Phi) is 10.7. The van der Waals surface area contributed by atoms with Crippen molar-refractivity contribution < 1.29 is 17.6 Å². The zero-order chi connectivity index (χ0) is 23.7. The Labute approximate surface area is 206 Å². The fourth-order valence-electron chi connectivity index (χ4n) is 3.09. The number of aliphatic imine (C=N–C) groups is 2. The second-order valence-electron chi connectivity index (χ2n) is 8.10. The summed E-state index contributed by atoms with van der Waals surface area (Å²) < 4.78 is 6.01. The molecule has 2 aromatic carbocycles. The third kappa shape index (κ3) is 7.94. The Morgan fingerprint density at radius 3 is 1.25 bits per heavy atom. The molecule has 0 aliphatic heterocycles. The van der Waals surface area contributed by atoms with Gasteiger partial charge in [-0.25, -0.2) is 9.98 Å². The van der Waals surface area contributed by atoms with Gasteiger partial charge in [-0.3, -0.25) is 0 Å². The van der Waals surface area contributed by atoms with Crippen molar-refractivity contribution in [2.45, 2.75) is 53.4 Å². The van der Waals surface area contributed by atoms with Crippen molar-refractivity contribution >= 4 is 43.0 Å². The third-order valence-corrected chi connectivity index (χ3v) is 5.03. The number of hydrogen-bond donors (Lipinski definition) is 0. The molecule has 3 nitrogen and oxygen atoms in total. The van der Waals surface area contributed by atoms with Crippen LogP contribution in [-0.2, 0) is 13.1 Å². The van der Waals surface area contributed by atoms with Crippen molar-refractivity contribution in [3.8, 4) is 0 Å². The SMILES string of the molecule is CC(=Nc1ccc(C(C)C)cc1)c1ccc(C(C)=Nc2ccc(C(C)C)cc2)o1.[Cl][Fe][Cl]. The molecule has 0 atom stereocenters.